The highest BCUT2D eigenvalue weighted by Gasteiger charge is 2.14. The van der Waals surface area contributed by atoms with Crippen LogP contribution in [-0.4, -0.2) is 4.98 Å². The summed E-state index contributed by atoms with van der Waals surface area (Å²) in [5.41, 5.74) is 2.89. The zero-order valence-electron chi connectivity index (χ0n) is 10.1. The maximum Gasteiger partial charge on any atom is 0.184 e. The predicted octanol–water partition coefficient (Wildman–Crippen LogP) is 6.44. The second-order valence-corrected chi connectivity index (χ2v) is 6.61. The van der Waals surface area contributed by atoms with Crippen LogP contribution in [0, 0.1) is 0 Å². The van der Waals surface area contributed by atoms with Crippen LogP contribution in [0.5, 0.6) is 0 Å². The van der Waals surface area contributed by atoms with E-state index < -0.39 is 0 Å². The van der Waals surface area contributed by atoms with E-state index in [4.69, 9.17) is 34.8 Å². The molecule has 0 atom stereocenters. The number of thiazole rings is 1. The van der Waals surface area contributed by atoms with Gasteiger partial charge in [0.05, 0.1) is 10.6 Å². The van der Waals surface area contributed by atoms with Crippen molar-refractivity contribution in [1.82, 2.24) is 4.98 Å². The van der Waals surface area contributed by atoms with E-state index in [1.54, 1.807) is 0 Å². The molecule has 0 unspecified atom stereocenters. The molecule has 3 aromatic rings. The SMILES string of the molecule is Clc1ccc(-c2nc(Cl)sc2-c2ccc(Cl)cc2)cc1. The van der Waals surface area contributed by atoms with Crippen LogP contribution in [-0.2, 0) is 0 Å². The molecule has 0 bridgehead atoms. The minimum absolute atomic E-state index is 0.514. The number of nitrogens with zero attached hydrogens (tertiary/aromatic N) is 1. The van der Waals surface area contributed by atoms with Crippen molar-refractivity contribution in [2.24, 2.45) is 0 Å². The van der Waals surface area contributed by atoms with E-state index in [1.807, 2.05) is 48.5 Å². The summed E-state index contributed by atoms with van der Waals surface area (Å²) in [5.74, 6) is 0. The van der Waals surface area contributed by atoms with Gasteiger partial charge >= 0.3 is 0 Å². The van der Waals surface area contributed by atoms with Crippen LogP contribution in [0.4, 0.5) is 0 Å². The van der Waals surface area contributed by atoms with Crippen molar-refractivity contribution in [2.75, 3.05) is 0 Å². The van der Waals surface area contributed by atoms with Gasteiger partial charge in [0.15, 0.2) is 4.47 Å². The highest BCUT2D eigenvalue weighted by atomic mass is 35.5. The van der Waals surface area contributed by atoms with Crippen LogP contribution < -0.4 is 0 Å². The predicted molar refractivity (Wildman–Crippen MR) is 88.0 cm³/mol. The quantitative estimate of drug-likeness (QED) is 0.523. The Kier molecular flexibility index (Phi) is 3.99. The minimum atomic E-state index is 0.514. The summed E-state index contributed by atoms with van der Waals surface area (Å²) in [6.45, 7) is 0. The summed E-state index contributed by atoms with van der Waals surface area (Å²) in [7, 11) is 0. The van der Waals surface area contributed by atoms with Crippen LogP contribution in [0.1, 0.15) is 0 Å². The highest BCUT2D eigenvalue weighted by Crippen LogP contribution is 2.39. The molecule has 100 valence electrons. The maximum atomic E-state index is 6.08. The van der Waals surface area contributed by atoms with Gasteiger partial charge in [0, 0.05) is 15.6 Å². The summed E-state index contributed by atoms with van der Waals surface area (Å²) in [4.78, 5) is 5.44. The van der Waals surface area contributed by atoms with Gasteiger partial charge in [0.1, 0.15) is 0 Å². The average molecular weight is 341 g/mol. The lowest BCUT2D eigenvalue weighted by Gasteiger charge is -2.03. The van der Waals surface area contributed by atoms with Gasteiger partial charge in [-0.3, -0.25) is 0 Å². The van der Waals surface area contributed by atoms with E-state index in [-0.39, 0.29) is 0 Å². The third kappa shape index (κ3) is 2.84. The second kappa shape index (κ2) is 5.74. The van der Waals surface area contributed by atoms with Gasteiger partial charge in [-0.1, -0.05) is 59.1 Å². The van der Waals surface area contributed by atoms with E-state index in [2.05, 4.69) is 4.98 Å². The van der Waals surface area contributed by atoms with Crippen LogP contribution >= 0.6 is 46.1 Å². The van der Waals surface area contributed by atoms with E-state index in [9.17, 15) is 0 Å². The zero-order chi connectivity index (χ0) is 14.1. The van der Waals surface area contributed by atoms with Crippen molar-refractivity contribution < 1.29 is 0 Å². The van der Waals surface area contributed by atoms with Crippen molar-refractivity contribution >= 4 is 46.1 Å². The van der Waals surface area contributed by atoms with E-state index in [1.165, 1.54) is 11.3 Å². The second-order valence-electron chi connectivity index (χ2n) is 4.16. The van der Waals surface area contributed by atoms with Crippen molar-refractivity contribution in [1.29, 1.82) is 0 Å². The maximum absolute atomic E-state index is 6.08. The Bertz CT molecular complexity index is 670. The molecule has 0 aliphatic rings. The normalized spacial score (nSPS) is 10.8. The lowest BCUT2D eigenvalue weighted by molar-refractivity contribution is 1.41. The summed E-state index contributed by atoms with van der Waals surface area (Å²) >= 11 is 19.4. The van der Waals surface area contributed by atoms with Gasteiger partial charge in [0.25, 0.3) is 0 Å². The number of benzene rings is 2. The first-order chi connectivity index (χ1) is 9.63. The first-order valence-electron chi connectivity index (χ1n) is 5.82. The lowest BCUT2D eigenvalue weighted by atomic mass is 10.1. The van der Waals surface area contributed by atoms with Crippen LogP contribution in [0.3, 0.4) is 0 Å². The van der Waals surface area contributed by atoms with Gasteiger partial charge in [-0.2, -0.15) is 0 Å². The summed E-state index contributed by atoms with van der Waals surface area (Å²) in [6, 6.07) is 15.2. The molecule has 20 heavy (non-hydrogen) atoms. The molecule has 1 aromatic heterocycles. The zero-order valence-corrected chi connectivity index (χ0v) is 13.2. The number of aromatic nitrogens is 1. The third-order valence-electron chi connectivity index (χ3n) is 2.83. The number of halogens is 3. The number of hydrogen-bond acceptors (Lipinski definition) is 2. The Morgan fingerprint density at radius 2 is 1.20 bits per heavy atom. The Morgan fingerprint density at radius 3 is 1.75 bits per heavy atom. The first-order valence-corrected chi connectivity index (χ1v) is 7.77. The molecule has 1 heterocycles. The topological polar surface area (TPSA) is 12.9 Å². The fourth-order valence-corrected chi connectivity index (χ4v) is 3.28. The number of rotatable bonds is 2. The van der Waals surface area contributed by atoms with Gasteiger partial charge in [-0.15, -0.1) is 11.3 Å². The summed E-state index contributed by atoms with van der Waals surface area (Å²) in [5, 5.41) is 1.40. The van der Waals surface area contributed by atoms with Crippen molar-refractivity contribution in [2.45, 2.75) is 0 Å². The van der Waals surface area contributed by atoms with Crippen molar-refractivity contribution in [3.63, 3.8) is 0 Å². The summed E-state index contributed by atoms with van der Waals surface area (Å²) < 4.78 is 0.514. The highest BCUT2D eigenvalue weighted by molar-refractivity contribution is 7.19. The van der Waals surface area contributed by atoms with Crippen LogP contribution in [0.15, 0.2) is 48.5 Å². The van der Waals surface area contributed by atoms with Crippen LogP contribution in [0.25, 0.3) is 21.7 Å². The molecule has 1 nitrogen and oxygen atoms in total. The van der Waals surface area contributed by atoms with E-state index >= 15 is 0 Å². The molecule has 5 heteroatoms. The molecule has 0 spiro atoms. The van der Waals surface area contributed by atoms with Gasteiger partial charge in [0.2, 0.25) is 0 Å². The minimum Gasteiger partial charge on any atom is -0.224 e. The molecule has 0 aliphatic heterocycles. The fraction of sp³-hybridized carbons (Fsp3) is 0. The van der Waals surface area contributed by atoms with Gasteiger partial charge in [-0.25, -0.2) is 4.98 Å². The van der Waals surface area contributed by atoms with E-state index in [0.29, 0.717) is 14.5 Å². The Balaban J connectivity index is 2.12. The smallest absolute Gasteiger partial charge is 0.184 e. The molecule has 3 rings (SSSR count). The third-order valence-corrected chi connectivity index (χ3v) is 4.54. The van der Waals surface area contributed by atoms with Crippen molar-refractivity contribution in [3.05, 3.63) is 63.0 Å². The molecular weight excluding hydrogens is 333 g/mol. The fourth-order valence-electron chi connectivity index (χ4n) is 1.89. The largest absolute Gasteiger partial charge is 0.224 e. The monoisotopic (exact) mass is 339 g/mol. The molecule has 0 fully saturated rings. The van der Waals surface area contributed by atoms with Gasteiger partial charge in [-0.05, 0) is 29.8 Å². The molecule has 0 saturated heterocycles. The first kappa shape index (κ1) is 13.9. The molecule has 0 amide bonds. The number of hydrogen-bond donors (Lipinski definition) is 0. The lowest BCUT2D eigenvalue weighted by Crippen LogP contribution is -1.81. The molecule has 0 radical (unpaired) electrons. The van der Waals surface area contributed by atoms with Crippen LogP contribution in [0.2, 0.25) is 14.5 Å². The Hall–Kier alpha value is -1.06. The molecule has 2 aromatic carbocycles. The molecule has 0 N–H and O–H groups in total. The Labute approximate surface area is 135 Å². The average Bonchev–Trinajstić information content (AvgIpc) is 2.82. The molecular formula is C15H8Cl3NS. The Morgan fingerprint density at radius 1 is 0.700 bits per heavy atom. The van der Waals surface area contributed by atoms with Crippen molar-refractivity contribution in [3.8, 4) is 21.7 Å². The standard InChI is InChI=1S/C15H8Cl3NS/c16-11-5-1-9(2-6-11)13-14(20-15(18)19-13)10-3-7-12(17)8-4-10/h1-8H. The summed E-state index contributed by atoms with van der Waals surface area (Å²) in [6.07, 6.45) is 0. The van der Waals surface area contributed by atoms with Gasteiger partial charge < -0.3 is 0 Å². The molecule has 0 aliphatic carbocycles. The van der Waals surface area contributed by atoms with E-state index in [0.717, 1.165) is 21.7 Å². The molecule has 0 saturated carbocycles.